The van der Waals surface area contributed by atoms with E-state index in [1.165, 1.54) is 18.2 Å². The molecule has 0 saturated heterocycles. The van der Waals surface area contributed by atoms with E-state index in [-0.39, 0.29) is 18.0 Å². The number of fused-ring (bicyclic) bond motifs is 1. The molecule has 0 aliphatic heterocycles. The van der Waals surface area contributed by atoms with Crippen molar-refractivity contribution in [2.45, 2.75) is 13.5 Å². The largest absolute Gasteiger partial charge is 0.488 e. The summed E-state index contributed by atoms with van der Waals surface area (Å²) in [6, 6.07) is 26.9. The van der Waals surface area contributed by atoms with Crippen LogP contribution in [0, 0.1) is 24.1 Å². The summed E-state index contributed by atoms with van der Waals surface area (Å²) in [5.41, 5.74) is 2.91. The molecule has 1 amide bonds. The van der Waals surface area contributed by atoms with Crippen LogP contribution in [0.1, 0.15) is 16.7 Å². The van der Waals surface area contributed by atoms with Crippen molar-refractivity contribution in [2.24, 2.45) is 0 Å². The molecule has 4 rings (SSSR count). The summed E-state index contributed by atoms with van der Waals surface area (Å²) in [5.74, 6) is -0.353. The molecular weight excluding hydrogens is 415 g/mol. The monoisotopic (exact) mass is 436 g/mol. The molecular formula is C28H21FN2O2. The molecule has 0 aromatic heterocycles. The van der Waals surface area contributed by atoms with Crippen molar-refractivity contribution >= 4 is 28.4 Å². The van der Waals surface area contributed by atoms with Crippen LogP contribution >= 0.6 is 0 Å². The number of hydrogen-bond acceptors (Lipinski definition) is 3. The average Bonchev–Trinajstić information content (AvgIpc) is 2.83. The lowest BCUT2D eigenvalue weighted by molar-refractivity contribution is -0.112. The van der Waals surface area contributed by atoms with Crippen molar-refractivity contribution in [1.29, 1.82) is 5.26 Å². The van der Waals surface area contributed by atoms with E-state index in [1.54, 1.807) is 30.3 Å². The predicted octanol–water partition coefficient (Wildman–Crippen LogP) is 6.41. The second-order valence-corrected chi connectivity index (χ2v) is 7.61. The number of halogens is 1. The highest BCUT2D eigenvalue weighted by Crippen LogP contribution is 2.31. The Kier molecular flexibility index (Phi) is 6.47. The van der Waals surface area contributed by atoms with E-state index in [0.29, 0.717) is 22.6 Å². The van der Waals surface area contributed by atoms with Gasteiger partial charge in [0, 0.05) is 11.3 Å². The molecule has 0 unspecified atom stereocenters. The highest BCUT2D eigenvalue weighted by molar-refractivity contribution is 6.11. The first-order valence-electron chi connectivity index (χ1n) is 10.4. The quantitative estimate of drug-likeness (QED) is 0.281. The number of carbonyl (C=O) groups excluding carboxylic acids is 1. The topological polar surface area (TPSA) is 62.1 Å². The van der Waals surface area contributed by atoms with E-state index < -0.39 is 5.91 Å². The number of ether oxygens (including phenoxy) is 1. The Morgan fingerprint density at radius 3 is 2.58 bits per heavy atom. The van der Waals surface area contributed by atoms with Crippen molar-refractivity contribution < 1.29 is 13.9 Å². The van der Waals surface area contributed by atoms with E-state index in [2.05, 4.69) is 5.32 Å². The predicted molar refractivity (Wildman–Crippen MR) is 128 cm³/mol. The summed E-state index contributed by atoms with van der Waals surface area (Å²) < 4.78 is 19.5. The van der Waals surface area contributed by atoms with Gasteiger partial charge in [0.2, 0.25) is 0 Å². The zero-order valence-electron chi connectivity index (χ0n) is 18.0. The molecule has 0 aliphatic rings. The van der Waals surface area contributed by atoms with E-state index in [0.717, 1.165) is 16.3 Å². The number of anilines is 1. The second kappa shape index (κ2) is 9.80. The lowest BCUT2D eigenvalue weighted by Crippen LogP contribution is -2.13. The van der Waals surface area contributed by atoms with Crippen LogP contribution in [0.25, 0.3) is 16.8 Å². The minimum atomic E-state index is -0.509. The van der Waals surface area contributed by atoms with Crippen LogP contribution in [-0.2, 0) is 11.4 Å². The number of aryl methyl sites for hydroxylation is 1. The van der Waals surface area contributed by atoms with Crippen LogP contribution in [0.15, 0.2) is 90.5 Å². The minimum absolute atomic E-state index is 0.0532. The first-order valence-corrected chi connectivity index (χ1v) is 10.4. The maximum absolute atomic E-state index is 13.5. The fourth-order valence-corrected chi connectivity index (χ4v) is 3.47. The smallest absolute Gasteiger partial charge is 0.266 e. The van der Waals surface area contributed by atoms with E-state index >= 15 is 0 Å². The normalized spacial score (nSPS) is 11.1. The molecule has 0 spiro atoms. The number of rotatable bonds is 6. The zero-order chi connectivity index (χ0) is 23.2. The fourth-order valence-electron chi connectivity index (χ4n) is 3.47. The third kappa shape index (κ3) is 5.25. The third-order valence-electron chi connectivity index (χ3n) is 5.18. The van der Waals surface area contributed by atoms with Gasteiger partial charge < -0.3 is 10.1 Å². The van der Waals surface area contributed by atoms with Crippen molar-refractivity contribution in [2.75, 3.05) is 5.32 Å². The lowest BCUT2D eigenvalue weighted by atomic mass is 10.0. The number of amides is 1. The van der Waals surface area contributed by atoms with Crippen LogP contribution in [0.3, 0.4) is 0 Å². The maximum atomic E-state index is 13.5. The van der Waals surface area contributed by atoms with Crippen LogP contribution in [-0.4, -0.2) is 5.91 Å². The number of nitriles is 1. The number of nitrogens with zero attached hydrogens (tertiary/aromatic N) is 1. The third-order valence-corrected chi connectivity index (χ3v) is 5.18. The minimum Gasteiger partial charge on any atom is -0.488 e. The van der Waals surface area contributed by atoms with Gasteiger partial charge in [0.05, 0.1) is 0 Å². The first-order chi connectivity index (χ1) is 16.0. The fraction of sp³-hybridized carbons (Fsp3) is 0.0714. The van der Waals surface area contributed by atoms with Gasteiger partial charge in [-0.15, -0.1) is 0 Å². The molecule has 5 heteroatoms. The Balaban J connectivity index is 1.69. The molecule has 4 nitrogen and oxygen atoms in total. The van der Waals surface area contributed by atoms with Gasteiger partial charge in [-0.25, -0.2) is 4.39 Å². The van der Waals surface area contributed by atoms with E-state index in [4.69, 9.17) is 4.74 Å². The average molecular weight is 436 g/mol. The Morgan fingerprint density at radius 2 is 1.82 bits per heavy atom. The molecule has 0 aliphatic carbocycles. The molecule has 33 heavy (non-hydrogen) atoms. The van der Waals surface area contributed by atoms with Crippen LogP contribution in [0.4, 0.5) is 10.1 Å². The summed E-state index contributed by atoms with van der Waals surface area (Å²) in [6.45, 7) is 2.10. The summed E-state index contributed by atoms with van der Waals surface area (Å²) in [5, 5.41) is 14.3. The molecule has 0 atom stereocenters. The summed E-state index contributed by atoms with van der Waals surface area (Å²) in [7, 11) is 0. The Labute approximate surface area is 191 Å². The molecule has 4 aromatic rings. The van der Waals surface area contributed by atoms with Gasteiger partial charge in [0.1, 0.15) is 29.8 Å². The van der Waals surface area contributed by atoms with Gasteiger partial charge in [-0.1, -0.05) is 60.2 Å². The van der Waals surface area contributed by atoms with Gasteiger partial charge in [-0.2, -0.15) is 5.26 Å². The van der Waals surface area contributed by atoms with Gasteiger partial charge in [0.25, 0.3) is 5.91 Å². The molecule has 4 aromatic carbocycles. The molecule has 0 bridgehead atoms. The van der Waals surface area contributed by atoms with Crippen molar-refractivity contribution in [3.8, 4) is 11.8 Å². The molecule has 162 valence electrons. The lowest BCUT2D eigenvalue weighted by Gasteiger charge is -2.13. The highest BCUT2D eigenvalue weighted by Gasteiger charge is 2.14. The van der Waals surface area contributed by atoms with E-state index in [1.807, 2.05) is 55.5 Å². The number of carbonyl (C=O) groups is 1. The van der Waals surface area contributed by atoms with E-state index in [9.17, 15) is 14.4 Å². The van der Waals surface area contributed by atoms with Crippen LogP contribution < -0.4 is 10.1 Å². The maximum Gasteiger partial charge on any atom is 0.266 e. The Hall–Kier alpha value is -4.43. The first kappa shape index (κ1) is 21.8. The molecule has 0 radical (unpaired) electrons. The molecule has 0 fully saturated rings. The SMILES string of the molecule is Cc1ccc(NC(=O)/C(C#N)=C/c2c(OCc3cccc(F)c3)ccc3ccccc23)cc1. The van der Waals surface area contributed by atoms with Crippen LogP contribution in [0.5, 0.6) is 5.75 Å². The highest BCUT2D eigenvalue weighted by atomic mass is 19.1. The van der Waals surface area contributed by atoms with Crippen molar-refractivity contribution in [3.63, 3.8) is 0 Å². The van der Waals surface area contributed by atoms with Gasteiger partial charge in [-0.05, 0) is 59.7 Å². The number of benzene rings is 4. The molecule has 0 heterocycles. The van der Waals surface area contributed by atoms with Gasteiger partial charge >= 0.3 is 0 Å². The molecule has 0 saturated carbocycles. The van der Waals surface area contributed by atoms with Crippen molar-refractivity contribution in [3.05, 3.63) is 113 Å². The zero-order valence-corrected chi connectivity index (χ0v) is 18.0. The Morgan fingerprint density at radius 1 is 1.03 bits per heavy atom. The standard InChI is InChI=1S/C28H21FN2O2/c1-19-9-12-24(13-10-19)31-28(32)22(17-30)16-26-25-8-3-2-6-21(25)11-14-27(26)33-18-20-5-4-7-23(29)15-20/h2-16H,18H2,1H3,(H,31,32)/b22-16+. The van der Waals surface area contributed by atoms with Gasteiger partial charge in [-0.3, -0.25) is 4.79 Å². The van der Waals surface area contributed by atoms with Crippen LogP contribution in [0.2, 0.25) is 0 Å². The number of hydrogen-bond donors (Lipinski definition) is 1. The summed E-state index contributed by atoms with van der Waals surface area (Å²) in [6.07, 6.45) is 1.53. The number of nitrogens with one attached hydrogen (secondary N) is 1. The van der Waals surface area contributed by atoms with Crippen molar-refractivity contribution in [1.82, 2.24) is 0 Å². The molecule has 1 N–H and O–H groups in total. The Bertz CT molecular complexity index is 1390. The van der Waals surface area contributed by atoms with Gasteiger partial charge in [0.15, 0.2) is 0 Å². The summed E-state index contributed by atoms with van der Waals surface area (Å²) >= 11 is 0. The summed E-state index contributed by atoms with van der Waals surface area (Å²) in [4.78, 5) is 12.8. The second-order valence-electron chi connectivity index (χ2n) is 7.61.